The summed E-state index contributed by atoms with van der Waals surface area (Å²) < 4.78 is 28.8. The van der Waals surface area contributed by atoms with Crippen molar-refractivity contribution in [2.45, 2.75) is 54.5 Å². The summed E-state index contributed by atoms with van der Waals surface area (Å²) >= 11 is 0. The maximum atomic E-state index is 13.5. The Kier molecular flexibility index (Phi) is 16.4. The Bertz CT molecular complexity index is 1220. The number of aromatic nitrogens is 2. The minimum Gasteiger partial charge on any atom is -0.370 e. The maximum absolute atomic E-state index is 13.5. The maximum Gasteiger partial charge on any atom is 0.207 e. The summed E-state index contributed by atoms with van der Waals surface area (Å²) in [5.74, 6) is 0.230. The van der Waals surface area contributed by atoms with Gasteiger partial charge in [-0.05, 0) is 93.8 Å². The number of rotatable bonds is 12. The number of carbonyl (C=O) groups is 1. The van der Waals surface area contributed by atoms with Crippen molar-refractivity contribution in [2.75, 3.05) is 19.6 Å². The SMILES string of the molecule is C=C(C=C(C)C)N(CCCn1nc(-c2ccc(F)cc2)cc1-c1ccc(F)cc1)CCNC=O.C=CC.CC(C)C. The lowest BCUT2D eigenvalue weighted by Gasteiger charge is -2.25. The van der Waals surface area contributed by atoms with E-state index in [4.69, 9.17) is 5.10 Å². The highest BCUT2D eigenvalue weighted by Crippen LogP contribution is 2.27. The number of hydrogen-bond acceptors (Lipinski definition) is 3. The molecule has 0 aliphatic rings. The average molecular weight is 565 g/mol. The van der Waals surface area contributed by atoms with Crippen molar-refractivity contribution in [2.24, 2.45) is 5.92 Å². The Labute approximate surface area is 245 Å². The second kappa shape index (κ2) is 19.1. The van der Waals surface area contributed by atoms with Crippen LogP contribution in [0.2, 0.25) is 0 Å². The molecule has 0 aliphatic heterocycles. The van der Waals surface area contributed by atoms with Crippen molar-refractivity contribution < 1.29 is 13.6 Å². The summed E-state index contributed by atoms with van der Waals surface area (Å²) in [6, 6.07) is 14.5. The molecule has 3 rings (SSSR count). The van der Waals surface area contributed by atoms with Gasteiger partial charge in [-0.15, -0.1) is 6.58 Å². The van der Waals surface area contributed by atoms with Gasteiger partial charge in [-0.3, -0.25) is 9.48 Å². The van der Waals surface area contributed by atoms with E-state index in [1.165, 1.54) is 24.3 Å². The van der Waals surface area contributed by atoms with Crippen LogP contribution in [0.4, 0.5) is 8.78 Å². The summed E-state index contributed by atoms with van der Waals surface area (Å²) in [6.45, 7) is 22.5. The van der Waals surface area contributed by atoms with Gasteiger partial charge in [0.05, 0.1) is 11.4 Å². The van der Waals surface area contributed by atoms with Crippen molar-refractivity contribution in [3.8, 4) is 22.5 Å². The molecule has 1 heterocycles. The zero-order valence-corrected chi connectivity index (χ0v) is 25.5. The van der Waals surface area contributed by atoms with E-state index in [1.54, 1.807) is 30.3 Å². The number of aryl methyl sites for hydroxylation is 1. The zero-order valence-electron chi connectivity index (χ0n) is 25.5. The molecule has 0 saturated carbocycles. The standard InChI is InChI=1S/C27H30F2N4O.C4H10.C3H6/c1-20(2)17-21(3)32(16-13-30-19-34)14-4-15-33-27(23-7-11-25(29)12-8-23)18-26(31-33)22-5-9-24(28)10-6-22;1-4(2)3;1-3-2/h5-12,17-19H,3-4,13-16H2,1-2H3,(H,30,34);4H,1-3H3;3H,1H2,2H3. The van der Waals surface area contributed by atoms with Crippen molar-refractivity contribution in [3.05, 3.63) is 103 Å². The Hall–Kier alpha value is -4.00. The lowest BCUT2D eigenvalue weighted by molar-refractivity contribution is -0.109. The Morgan fingerprint density at radius 3 is 2.00 bits per heavy atom. The van der Waals surface area contributed by atoms with Gasteiger partial charge in [-0.1, -0.05) is 39.0 Å². The van der Waals surface area contributed by atoms with Gasteiger partial charge in [-0.25, -0.2) is 8.78 Å². The summed E-state index contributed by atoms with van der Waals surface area (Å²) in [6.07, 6.45) is 5.23. The van der Waals surface area contributed by atoms with Crippen LogP contribution in [0.15, 0.2) is 91.2 Å². The van der Waals surface area contributed by atoms with E-state index >= 15 is 0 Å². The summed E-state index contributed by atoms with van der Waals surface area (Å²) in [7, 11) is 0. The van der Waals surface area contributed by atoms with Crippen LogP contribution in [0.5, 0.6) is 0 Å². The molecule has 1 amide bonds. The first-order valence-electron chi connectivity index (χ1n) is 13.9. The van der Waals surface area contributed by atoms with Gasteiger partial charge in [0.1, 0.15) is 11.6 Å². The minimum absolute atomic E-state index is 0.300. The quantitative estimate of drug-likeness (QED) is 0.104. The topological polar surface area (TPSA) is 50.2 Å². The highest BCUT2D eigenvalue weighted by molar-refractivity contribution is 5.68. The molecule has 222 valence electrons. The fourth-order valence-corrected chi connectivity index (χ4v) is 3.70. The average Bonchev–Trinajstić information content (AvgIpc) is 3.32. The van der Waals surface area contributed by atoms with Crippen molar-refractivity contribution in [3.63, 3.8) is 0 Å². The summed E-state index contributed by atoms with van der Waals surface area (Å²) in [4.78, 5) is 12.8. The number of hydrogen-bond donors (Lipinski definition) is 1. The second-order valence-corrected chi connectivity index (χ2v) is 10.4. The molecule has 0 radical (unpaired) electrons. The van der Waals surface area contributed by atoms with E-state index in [2.05, 4.69) is 44.1 Å². The number of nitrogens with zero attached hydrogens (tertiary/aromatic N) is 3. The number of halogens is 2. The van der Waals surface area contributed by atoms with E-state index in [0.717, 1.165) is 52.7 Å². The van der Waals surface area contributed by atoms with Crippen LogP contribution in [-0.4, -0.2) is 40.7 Å². The number of nitrogens with one attached hydrogen (secondary N) is 1. The first-order chi connectivity index (χ1) is 19.5. The molecule has 5 nitrogen and oxygen atoms in total. The molecule has 3 aromatic rings. The van der Waals surface area contributed by atoms with E-state index < -0.39 is 0 Å². The molecule has 1 N–H and O–H groups in total. The Morgan fingerprint density at radius 2 is 1.51 bits per heavy atom. The summed E-state index contributed by atoms with van der Waals surface area (Å²) in [5.41, 5.74) is 5.27. The Morgan fingerprint density at radius 1 is 1.00 bits per heavy atom. The number of allylic oxidation sites excluding steroid dienone is 3. The van der Waals surface area contributed by atoms with Crippen LogP contribution >= 0.6 is 0 Å². The molecule has 0 aliphatic carbocycles. The fourth-order valence-electron chi connectivity index (χ4n) is 3.70. The third kappa shape index (κ3) is 13.8. The molecule has 1 aromatic heterocycles. The van der Waals surface area contributed by atoms with Gasteiger partial charge in [0.15, 0.2) is 0 Å². The van der Waals surface area contributed by atoms with Crippen molar-refractivity contribution in [1.82, 2.24) is 20.0 Å². The third-order valence-corrected chi connectivity index (χ3v) is 5.33. The highest BCUT2D eigenvalue weighted by atomic mass is 19.1. The van der Waals surface area contributed by atoms with Crippen LogP contribution in [0.3, 0.4) is 0 Å². The van der Waals surface area contributed by atoms with Gasteiger partial charge < -0.3 is 10.2 Å². The number of benzene rings is 2. The molecule has 0 saturated heterocycles. The molecule has 0 atom stereocenters. The minimum atomic E-state index is -0.303. The van der Waals surface area contributed by atoms with Gasteiger partial charge in [0.2, 0.25) is 6.41 Å². The highest BCUT2D eigenvalue weighted by Gasteiger charge is 2.13. The van der Waals surface area contributed by atoms with E-state index in [9.17, 15) is 13.6 Å². The number of carbonyl (C=O) groups excluding carboxylic acids is 1. The van der Waals surface area contributed by atoms with Crippen LogP contribution in [-0.2, 0) is 11.3 Å². The summed E-state index contributed by atoms with van der Waals surface area (Å²) in [5, 5.41) is 7.46. The van der Waals surface area contributed by atoms with Crippen LogP contribution in [0.25, 0.3) is 22.5 Å². The van der Waals surface area contributed by atoms with Crippen LogP contribution in [0.1, 0.15) is 48.0 Å². The molecular weight excluding hydrogens is 518 g/mol. The van der Waals surface area contributed by atoms with Gasteiger partial charge in [0.25, 0.3) is 0 Å². The lowest BCUT2D eigenvalue weighted by Crippen LogP contribution is -2.31. The first kappa shape index (κ1) is 35.0. The monoisotopic (exact) mass is 564 g/mol. The van der Waals surface area contributed by atoms with Crippen LogP contribution < -0.4 is 5.32 Å². The molecule has 0 fully saturated rings. The van der Waals surface area contributed by atoms with E-state index in [1.807, 2.05) is 37.6 Å². The molecule has 0 bridgehead atoms. The van der Waals surface area contributed by atoms with Gasteiger partial charge in [-0.2, -0.15) is 5.10 Å². The Balaban J connectivity index is 0.00000108. The van der Waals surface area contributed by atoms with Crippen molar-refractivity contribution in [1.29, 1.82) is 0 Å². The molecule has 0 spiro atoms. The second-order valence-electron chi connectivity index (χ2n) is 10.4. The largest absolute Gasteiger partial charge is 0.370 e. The molecular formula is C34H46F2N4O. The number of amides is 1. The lowest BCUT2D eigenvalue weighted by atomic mass is 10.1. The normalized spacial score (nSPS) is 9.98. The van der Waals surface area contributed by atoms with Gasteiger partial charge >= 0.3 is 0 Å². The fraction of sp³-hybridized carbons (Fsp3) is 0.353. The molecule has 0 unspecified atom stereocenters. The van der Waals surface area contributed by atoms with E-state index in [0.29, 0.717) is 26.0 Å². The predicted molar refractivity (Wildman–Crippen MR) is 168 cm³/mol. The molecule has 2 aromatic carbocycles. The predicted octanol–water partition coefficient (Wildman–Crippen LogP) is 8.27. The first-order valence-corrected chi connectivity index (χ1v) is 13.9. The molecule has 41 heavy (non-hydrogen) atoms. The third-order valence-electron chi connectivity index (χ3n) is 5.33. The van der Waals surface area contributed by atoms with Crippen molar-refractivity contribution >= 4 is 6.41 Å². The zero-order chi connectivity index (χ0) is 30.8. The van der Waals surface area contributed by atoms with Crippen LogP contribution in [0, 0.1) is 17.6 Å². The van der Waals surface area contributed by atoms with Gasteiger partial charge in [0, 0.05) is 43.0 Å². The van der Waals surface area contributed by atoms with E-state index in [-0.39, 0.29) is 11.6 Å². The smallest absolute Gasteiger partial charge is 0.207 e. The molecule has 7 heteroatoms.